The number of methoxy groups -OCH3 is 1. The number of piperidine rings is 1. The van der Waals surface area contributed by atoms with Gasteiger partial charge in [-0.3, -0.25) is 4.90 Å². The summed E-state index contributed by atoms with van der Waals surface area (Å²) in [4.78, 5) is 4.04. The van der Waals surface area contributed by atoms with Crippen molar-refractivity contribution < 1.29 is 9.47 Å². The summed E-state index contributed by atoms with van der Waals surface area (Å²) >= 11 is 1.85. The minimum Gasteiger partial charge on any atom is -0.384 e. The molecule has 0 aromatic carbocycles. The molecule has 2 fully saturated rings. The van der Waals surface area contributed by atoms with Gasteiger partial charge in [0.2, 0.25) is 0 Å². The van der Waals surface area contributed by atoms with E-state index in [1.807, 2.05) is 18.4 Å². The van der Waals surface area contributed by atoms with Crippen LogP contribution in [0.5, 0.6) is 0 Å². The lowest BCUT2D eigenvalue weighted by Gasteiger charge is -2.50. The highest BCUT2D eigenvalue weighted by atomic mass is 32.1. The predicted octanol–water partition coefficient (Wildman–Crippen LogP) is 2.77. The van der Waals surface area contributed by atoms with Crippen molar-refractivity contribution in [3.63, 3.8) is 0 Å². The molecule has 3 nitrogen and oxygen atoms in total. The topological polar surface area (TPSA) is 21.7 Å². The van der Waals surface area contributed by atoms with Crippen molar-refractivity contribution >= 4 is 11.3 Å². The normalized spacial score (nSPS) is 32.2. The first-order valence-corrected chi connectivity index (χ1v) is 8.06. The van der Waals surface area contributed by atoms with Gasteiger partial charge >= 0.3 is 0 Å². The zero-order chi connectivity index (χ0) is 13.1. The van der Waals surface area contributed by atoms with Crippen LogP contribution in [0.2, 0.25) is 0 Å². The molecular weight excluding hydrogens is 258 g/mol. The molecule has 0 radical (unpaired) electrons. The first kappa shape index (κ1) is 13.6. The molecule has 106 valence electrons. The molecule has 2 aliphatic heterocycles. The van der Waals surface area contributed by atoms with Gasteiger partial charge in [0.05, 0.1) is 12.7 Å². The highest BCUT2D eigenvalue weighted by Gasteiger charge is 2.45. The second kappa shape index (κ2) is 5.92. The molecule has 0 N–H and O–H groups in total. The van der Waals surface area contributed by atoms with Crippen LogP contribution < -0.4 is 0 Å². The Morgan fingerprint density at radius 1 is 1.58 bits per heavy atom. The third-order valence-electron chi connectivity index (χ3n) is 4.46. The lowest BCUT2D eigenvalue weighted by atomic mass is 9.73. The second-order valence-corrected chi connectivity index (χ2v) is 6.87. The van der Waals surface area contributed by atoms with Crippen LogP contribution in [0.4, 0.5) is 0 Å². The van der Waals surface area contributed by atoms with E-state index in [0.29, 0.717) is 6.10 Å². The molecule has 2 aliphatic rings. The Morgan fingerprint density at radius 3 is 3.32 bits per heavy atom. The average Bonchev–Trinajstić information content (AvgIpc) is 2.91. The third kappa shape index (κ3) is 2.87. The maximum Gasteiger partial charge on any atom is 0.0677 e. The fraction of sp³-hybridized carbons (Fsp3) is 0.733. The number of hydrogen-bond donors (Lipinski definition) is 0. The van der Waals surface area contributed by atoms with Gasteiger partial charge in [0.25, 0.3) is 0 Å². The first-order valence-electron chi connectivity index (χ1n) is 7.18. The minimum absolute atomic E-state index is 0.225. The van der Waals surface area contributed by atoms with Gasteiger partial charge in [-0.2, -0.15) is 0 Å². The van der Waals surface area contributed by atoms with Gasteiger partial charge in [0.1, 0.15) is 0 Å². The lowest BCUT2D eigenvalue weighted by molar-refractivity contribution is -0.149. The summed E-state index contributed by atoms with van der Waals surface area (Å²) in [5.74, 6) is 0. The number of ether oxygens (including phenoxy) is 2. The quantitative estimate of drug-likeness (QED) is 0.847. The Labute approximate surface area is 119 Å². The van der Waals surface area contributed by atoms with Crippen LogP contribution in [-0.2, 0) is 16.0 Å². The van der Waals surface area contributed by atoms with E-state index in [1.54, 1.807) is 0 Å². The van der Waals surface area contributed by atoms with Gasteiger partial charge in [-0.1, -0.05) is 6.07 Å². The van der Waals surface area contributed by atoms with Gasteiger partial charge in [0.15, 0.2) is 0 Å². The van der Waals surface area contributed by atoms with Gasteiger partial charge in [-0.25, -0.2) is 0 Å². The van der Waals surface area contributed by atoms with Crippen LogP contribution in [0.1, 0.15) is 24.1 Å². The van der Waals surface area contributed by atoms with Crippen molar-refractivity contribution in [3.8, 4) is 0 Å². The molecule has 1 aromatic rings. The van der Waals surface area contributed by atoms with Crippen molar-refractivity contribution in [1.82, 2.24) is 4.90 Å². The SMILES string of the molecule is COC[C@]12CCCO[C@H]1CCN(Cc1cccs1)C2. The second-order valence-electron chi connectivity index (χ2n) is 5.84. The largest absolute Gasteiger partial charge is 0.384 e. The maximum absolute atomic E-state index is 6.02. The molecule has 19 heavy (non-hydrogen) atoms. The Kier molecular flexibility index (Phi) is 4.22. The van der Waals surface area contributed by atoms with Crippen LogP contribution in [0, 0.1) is 5.41 Å². The van der Waals surface area contributed by atoms with Gasteiger partial charge in [0, 0.05) is 43.6 Å². The molecule has 0 amide bonds. The monoisotopic (exact) mass is 281 g/mol. The van der Waals surface area contributed by atoms with Gasteiger partial charge in [-0.15, -0.1) is 11.3 Å². The zero-order valence-electron chi connectivity index (χ0n) is 11.6. The van der Waals surface area contributed by atoms with Crippen molar-refractivity contribution in [1.29, 1.82) is 0 Å². The van der Waals surface area contributed by atoms with Crippen molar-refractivity contribution in [2.24, 2.45) is 5.41 Å². The molecule has 0 bridgehead atoms. The smallest absolute Gasteiger partial charge is 0.0677 e. The number of rotatable bonds is 4. The lowest BCUT2D eigenvalue weighted by Crippen LogP contribution is -2.56. The number of likely N-dealkylation sites (tertiary alicyclic amines) is 1. The number of hydrogen-bond acceptors (Lipinski definition) is 4. The summed E-state index contributed by atoms with van der Waals surface area (Å²) in [6.45, 7) is 5.10. The minimum atomic E-state index is 0.225. The van der Waals surface area contributed by atoms with Gasteiger partial charge in [-0.05, 0) is 30.7 Å². The summed E-state index contributed by atoms with van der Waals surface area (Å²) in [6, 6.07) is 4.37. The Hall–Kier alpha value is -0.420. The molecule has 2 atom stereocenters. The molecule has 1 aromatic heterocycles. The van der Waals surface area contributed by atoms with Crippen LogP contribution in [0.3, 0.4) is 0 Å². The summed E-state index contributed by atoms with van der Waals surface area (Å²) in [5, 5.41) is 2.16. The van der Waals surface area contributed by atoms with E-state index >= 15 is 0 Å². The Bertz CT molecular complexity index is 391. The van der Waals surface area contributed by atoms with Crippen LogP contribution in [-0.4, -0.2) is 44.4 Å². The van der Waals surface area contributed by atoms with Gasteiger partial charge < -0.3 is 9.47 Å². The van der Waals surface area contributed by atoms with Crippen LogP contribution in [0.25, 0.3) is 0 Å². The molecule has 2 saturated heterocycles. The molecule has 0 aliphatic carbocycles. The summed E-state index contributed by atoms with van der Waals surface area (Å²) in [6.07, 6.45) is 3.97. The standard InChI is InChI=1S/C15H23NO2S/c1-17-12-15-6-3-8-18-14(15)5-7-16(11-15)10-13-4-2-9-19-13/h2,4,9,14H,3,5-8,10-12H2,1H3/t14-,15+/m0/s1. The van der Waals surface area contributed by atoms with E-state index in [1.165, 1.54) is 17.7 Å². The van der Waals surface area contributed by atoms with Crippen molar-refractivity contribution in [2.75, 3.05) is 33.4 Å². The molecule has 3 rings (SSSR count). The van der Waals surface area contributed by atoms with E-state index in [2.05, 4.69) is 22.4 Å². The molecule has 4 heteroatoms. The predicted molar refractivity (Wildman–Crippen MR) is 77.5 cm³/mol. The van der Waals surface area contributed by atoms with Crippen LogP contribution >= 0.6 is 11.3 Å². The van der Waals surface area contributed by atoms with E-state index in [4.69, 9.17) is 9.47 Å². The summed E-state index contributed by atoms with van der Waals surface area (Å²) in [5.41, 5.74) is 0.225. The zero-order valence-corrected chi connectivity index (χ0v) is 12.5. The highest BCUT2D eigenvalue weighted by Crippen LogP contribution is 2.40. The molecular formula is C15H23NO2S. The Balaban J connectivity index is 1.69. The fourth-order valence-corrected chi connectivity index (χ4v) is 4.38. The van der Waals surface area contributed by atoms with E-state index in [-0.39, 0.29) is 5.41 Å². The Morgan fingerprint density at radius 2 is 2.53 bits per heavy atom. The van der Waals surface area contributed by atoms with E-state index < -0.39 is 0 Å². The van der Waals surface area contributed by atoms with Crippen LogP contribution in [0.15, 0.2) is 17.5 Å². The van der Waals surface area contributed by atoms with Crippen molar-refractivity contribution in [2.45, 2.75) is 31.9 Å². The molecule has 0 spiro atoms. The average molecular weight is 281 g/mol. The first-order chi connectivity index (χ1) is 9.32. The van der Waals surface area contributed by atoms with E-state index in [9.17, 15) is 0 Å². The summed E-state index contributed by atoms with van der Waals surface area (Å²) in [7, 11) is 1.82. The number of nitrogens with zero attached hydrogens (tertiary/aromatic N) is 1. The molecule has 0 unspecified atom stereocenters. The fourth-order valence-electron chi connectivity index (χ4n) is 3.64. The van der Waals surface area contributed by atoms with E-state index in [0.717, 1.165) is 39.3 Å². The summed E-state index contributed by atoms with van der Waals surface area (Å²) < 4.78 is 11.5. The molecule has 0 saturated carbocycles. The maximum atomic E-state index is 6.02. The molecule has 3 heterocycles. The van der Waals surface area contributed by atoms with Crippen molar-refractivity contribution in [3.05, 3.63) is 22.4 Å². The number of fused-ring (bicyclic) bond motifs is 1. The number of thiophene rings is 1. The highest BCUT2D eigenvalue weighted by molar-refractivity contribution is 7.09. The third-order valence-corrected chi connectivity index (χ3v) is 5.32.